The summed E-state index contributed by atoms with van der Waals surface area (Å²) in [5, 5.41) is 2.92. The van der Waals surface area contributed by atoms with Crippen molar-refractivity contribution in [1.82, 2.24) is 10.2 Å². The minimum Gasteiger partial charge on any atom is -0.352 e. The number of nitrogens with zero attached hydrogens (tertiary/aromatic N) is 1. The van der Waals surface area contributed by atoms with E-state index in [9.17, 15) is 18.4 Å². The van der Waals surface area contributed by atoms with Gasteiger partial charge in [-0.25, -0.2) is 8.78 Å². The van der Waals surface area contributed by atoms with Crippen molar-refractivity contribution in [2.75, 3.05) is 0 Å². The number of hydrogen-bond donors (Lipinski definition) is 1. The maximum Gasteiger partial charge on any atom is 0.243 e. The molecule has 2 atom stereocenters. The highest BCUT2D eigenvalue weighted by Crippen LogP contribution is 2.16. The van der Waals surface area contributed by atoms with Crippen LogP contribution in [0.4, 0.5) is 8.78 Å². The zero-order chi connectivity index (χ0) is 21.4. The maximum absolute atomic E-state index is 14.1. The summed E-state index contributed by atoms with van der Waals surface area (Å²) in [6.45, 7) is 5.83. The van der Waals surface area contributed by atoms with Gasteiger partial charge in [-0.15, -0.1) is 0 Å². The van der Waals surface area contributed by atoms with Crippen molar-refractivity contribution >= 4 is 11.8 Å². The molecule has 2 aromatic carbocycles. The van der Waals surface area contributed by atoms with Crippen LogP contribution in [0.1, 0.15) is 44.7 Å². The average molecular weight is 402 g/mol. The lowest BCUT2D eigenvalue weighted by Crippen LogP contribution is -2.51. The van der Waals surface area contributed by atoms with E-state index >= 15 is 0 Å². The Labute approximate surface area is 170 Å². The highest BCUT2D eigenvalue weighted by molar-refractivity contribution is 5.88. The van der Waals surface area contributed by atoms with Gasteiger partial charge >= 0.3 is 0 Å². The van der Waals surface area contributed by atoms with Gasteiger partial charge in [0.25, 0.3) is 0 Å². The second-order valence-electron chi connectivity index (χ2n) is 7.16. The molecular formula is C23H28F2N2O2. The first kappa shape index (κ1) is 22.5. The Bertz CT molecular complexity index is 824. The summed E-state index contributed by atoms with van der Waals surface area (Å²) in [4.78, 5) is 27.4. The Kier molecular flexibility index (Phi) is 8.31. The fourth-order valence-electron chi connectivity index (χ4n) is 3.05. The number of nitrogens with one attached hydrogen (secondary N) is 1. The van der Waals surface area contributed by atoms with Crippen LogP contribution in [-0.4, -0.2) is 28.8 Å². The first-order chi connectivity index (χ1) is 13.8. The van der Waals surface area contributed by atoms with Gasteiger partial charge in [-0.3, -0.25) is 9.59 Å². The predicted octanol–water partition coefficient (Wildman–Crippen LogP) is 4.23. The first-order valence-electron chi connectivity index (χ1n) is 9.93. The summed E-state index contributed by atoms with van der Waals surface area (Å²) < 4.78 is 27.3. The first-order valence-corrected chi connectivity index (χ1v) is 9.93. The van der Waals surface area contributed by atoms with E-state index in [0.29, 0.717) is 12.0 Å². The van der Waals surface area contributed by atoms with E-state index in [-0.39, 0.29) is 42.2 Å². The zero-order valence-corrected chi connectivity index (χ0v) is 17.1. The molecule has 156 valence electrons. The predicted molar refractivity (Wildman–Crippen MR) is 109 cm³/mol. The molecule has 0 aliphatic carbocycles. The van der Waals surface area contributed by atoms with Gasteiger partial charge in [0.2, 0.25) is 11.8 Å². The summed E-state index contributed by atoms with van der Waals surface area (Å²) in [5.41, 5.74) is 0.974. The Morgan fingerprint density at radius 1 is 1.00 bits per heavy atom. The smallest absolute Gasteiger partial charge is 0.243 e. The molecule has 0 saturated carbocycles. The Hall–Kier alpha value is -2.76. The van der Waals surface area contributed by atoms with Crippen molar-refractivity contribution in [2.45, 2.75) is 58.7 Å². The van der Waals surface area contributed by atoms with Gasteiger partial charge in [0, 0.05) is 12.6 Å². The van der Waals surface area contributed by atoms with E-state index in [0.717, 1.165) is 6.42 Å². The highest BCUT2D eigenvalue weighted by Gasteiger charge is 2.29. The van der Waals surface area contributed by atoms with Crippen molar-refractivity contribution in [3.63, 3.8) is 0 Å². The van der Waals surface area contributed by atoms with Crippen molar-refractivity contribution < 1.29 is 18.4 Å². The Balaban J connectivity index is 2.29. The summed E-state index contributed by atoms with van der Waals surface area (Å²) in [7, 11) is 0. The van der Waals surface area contributed by atoms with Gasteiger partial charge in [-0.05, 0) is 49.1 Å². The molecule has 0 aliphatic rings. The lowest BCUT2D eigenvalue weighted by Gasteiger charge is -2.31. The van der Waals surface area contributed by atoms with Crippen LogP contribution in [0.25, 0.3) is 0 Å². The SMILES string of the molecule is CC[C@@H](C)NC(=O)[C@H](CC)N(Cc1ccc(F)cc1)C(=O)Cc1ccccc1F. The topological polar surface area (TPSA) is 49.4 Å². The molecule has 6 heteroatoms. The molecule has 0 radical (unpaired) electrons. The minimum atomic E-state index is -0.701. The van der Waals surface area contributed by atoms with Crippen molar-refractivity contribution in [1.29, 1.82) is 0 Å². The second-order valence-corrected chi connectivity index (χ2v) is 7.16. The lowest BCUT2D eigenvalue weighted by molar-refractivity contribution is -0.141. The number of hydrogen-bond acceptors (Lipinski definition) is 2. The fourth-order valence-corrected chi connectivity index (χ4v) is 3.05. The van der Waals surface area contributed by atoms with Crippen LogP contribution in [0.5, 0.6) is 0 Å². The van der Waals surface area contributed by atoms with Gasteiger partial charge < -0.3 is 10.2 Å². The van der Waals surface area contributed by atoms with Crippen molar-refractivity contribution in [2.24, 2.45) is 0 Å². The molecular weight excluding hydrogens is 374 g/mol. The van der Waals surface area contributed by atoms with Crippen molar-refractivity contribution in [3.05, 3.63) is 71.3 Å². The average Bonchev–Trinajstić information content (AvgIpc) is 2.70. The van der Waals surface area contributed by atoms with Crippen LogP contribution < -0.4 is 5.32 Å². The van der Waals surface area contributed by atoms with Gasteiger partial charge in [-0.2, -0.15) is 0 Å². The highest BCUT2D eigenvalue weighted by atomic mass is 19.1. The number of rotatable bonds is 9. The Morgan fingerprint density at radius 2 is 1.66 bits per heavy atom. The van der Waals surface area contributed by atoms with Crippen LogP contribution in [0, 0.1) is 11.6 Å². The third-order valence-corrected chi connectivity index (χ3v) is 4.95. The summed E-state index contributed by atoms with van der Waals surface area (Å²) >= 11 is 0. The number of carbonyl (C=O) groups is 2. The second kappa shape index (κ2) is 10.7. The molecule has 0 aromatic heterocycles. The van der Waals surface area contributed by atoms with Crippen LogP contribution in [-0.2, 0) is 22.6 Å². The molecule has 0 spiro atoms. The fraction of sp³-hybridized carbons (Fsp3) is 0.391. The van der Waals surface area contributed by atoms with E-state index in [1.165, 1.54) is 23.1 Å². The molecule has 0 fully saturated rings. The van der Waals surface area contributed by atoms with Crippen LogP contribution >= 0.6 is 0 Å². The molecule has 29 heavy (non-hydrogen) atoms. The number of carbonyl (C=O) groups excluding carboxylic acids is 2. The number of benzene rings is 2. The number of halogens is 2. The monoisotopic (exact) mass is 402 g/mol. The van der Waals surface area contributed by atoms with Gasteiger partial charge in [0.15, 0.2) is 0 Å². The van der Waals surface area contributed by atoms with E-state index in [2.05, 4.69) is 5.32 Å². The van der Waals surface area contributed by atoms with Crippen molar-refractivity contribution in [3.8, 4) is 0 Å². The lowest BCUT2D eigenvalue weighted by atomic mass is 10.1. The molecule has 0 heterocycles. The van der Waals surface area contributed by atoms with Crippen LogP contribution in [0.15, 0.2) is 48.5 Å². The Morgan fingerprint density at radius 3 is 2.24 bits per heavy atom. The molecule has 2 rings (SSSR count). The number of amides is 2. The largest absolute Gasteiger partial charge is 0.352 e. The standard InChI is InChI=1S/C23H28F2N2O2/c1-4-16(3)26-23(29)21(5-2)27(15-17-10-12-19(24)13-11-17)22(28)14-18-8-6-7-9-20(18)25/h6-13,16,21H,4-5,14-15H2,1-3H3,(H,26,29)/t16-,21+/m1/s1. The quantitative estimate of drug-likeness (QED) is 0.682. The molecule has 1 N–H and O–H groups in total. The molecule has 0 bridgehead atoms. The maximum atomic E-state index is 14.1. The molecule has 0 saturated heterocycles. The van der Waals surface area contributed by atoms with Crippen LogP contribution in [0.2, 0.25) is 0 Å². The molecule has 0 unspecified atom stereocenters. The zero-order valence-electron chi connectivity index (χ0n) is 17.1. The third-order valence-electron chi connectivity index (χ3n) is 4.95. The van der Waals surface area contributed by atoms with E-state index < -0.39 is 11.9 Å². The molecule has 0 aliphatic heterocycles. The van der Waals surface area contributed by atoms with E-state index in [4.69, 9.17) is 0 Å². The van der Waals surface area contributed by atoms with Crippen LogP contribution in [0.3, 0.4) is 0 Å². The molecule has 4 nitrogen and oxygen atoms in total. The van der Waals surface area contributed by atoms with Gasteiger partial charge in [0.1, 0.15) is 17.7 Å². The van der Waals surface area contributed by atoms with Gasteiger partial charge in [-0.1, -0.05) is 44.2 Å². The van der Waals surface area contributed by atoms with Gasteiger partial charge in [0.05, 0.1) is 6.42 Å². The molecule has 2 aromatic rings. The third kappa shape index (κ3) is 6.38. The minimum absolute atomic E-state index is 0.0223. The summed E-state index contributed by atoms with van der Waals surface area (Å²) in [6.07, 6.45) is 1.02. The normalized spacial score (nSPS) is 12.9. The van der Waals surface area contributed by atoms with E-state index in [1.54, 1.807) is 30.3 Å². The molecule has 2 amide bonds. The summed E-state index contributed by atoms with van der Waals surface area (Å²) in [5.74, 6) is -1.43. The van der Waals surface area contributed by atoms with E-state index in [1.807, 2.05) is 20.8 Å². The summed E-state index contributed by atoms with van der Waals surface area (Å²) in [6, 6.07) is 11.2.